The first-order valence-corrected chi connectivity index (χ1v) is 8.11. The summed E-state index contributed by atoms with van der Waals surface area (Å²) in [4.78, 5) is 35.3. The van der Waals surface area contributed by atoms with Crippen molar-refractivity contribution in [3.63, 3.8) is 0 Å². The minimum absolute atomic E-state index is 0.0442. The van der Waals surface area contributed by atoms with Gasteiger partial charge in [-0.05, 0) is 48.7 Å². The van der Waals surface area contributed by atoms with Crippen LogP contribution >= 0.6 is 0 Å². The predicted octanol–water partition coefficient (Wildman–Crippen LogP) is 2.32. The molecule has 3 rings (SSSR count). The second-order valence-electron chi connectivity index (χ2n) is 6.08. The second-order valence-corrected chi connectivity index (χ2v) is 6.08. The van der Waals surface area contributed by atoms with Crippen molar-refractivity contribution in [1.29, 1.82) is 0 Å². The van der Waals surface area contributed by atoms with Crippen molar-refractivity contribution in [3.8, 4) is 0 Å². The maximum absolute atomic E-state index is 12.1. The van der Waals surface area contributed by atoms with Crippen LogP contribution in [0.15, 0.2) is 48.5 Å². The third-order valence-corrected chi connectivity index (χ3v) is 4.29. The Labute approximate surface area is 145 Å². The molecule has 2 aromatic rings. The van der Waals surface area contributed by atoms with Crippen LogP contribution < -0.4 is 16.4 Å². The number of nitrogens with two attached hydrogens (primary N) is 1. The summed E-state index contributed by atoms with van der Waals surface area (Å²) in [6, 6.07) is 14.1. The Morgan fingerprint density at radius 2 is 1.84 bits per heavy atom. The summed E-state index contributed by atoms with van der Waals surface area (Å²) in [5.74, 6) is -0.935. The van der Waals surface area contributed by atoms with E-state index in [1.807, 2.05) is 24.3 Å². The minimum Gasteiger partial charge on any atom is -0.366 e. The molecule has 1 heterocycles. The van der Waals surface area contributed by atoms with Crippen LogP contribution in [0.2, 0.25) is 0 Å². The van der Waals surface area contributed by atoms with Crippen molar-refractivity contribution in [1.82, 2.24) is 0 Å². The quantitative estimate of drug-likeness (QED) is 0.780. The molecule has 1 aliphatic rings. The highest BCUT2D eigenvalue weighted by atomic mass is 16.2. The van der Waals surface area contributed by atoms with Crippen molar-refractivity contribution < 1.29 is 14.4 Å². The Morgan fingerprint density at radius 3 is 2.56 bits per heavy atom. The maximum Gasteiger partial charge on any atom is 0.248 e. The number of primary amides is 1. The number of fused-ring (bicyclic) bond motifs is 1. The van der Waals surface area contributed by atoms with Crippen LogP contribution in [0, 0.1) is 5.92 Å². The molecule has 128 valence electrons. The molecule has 0 aliphatic carbocycles. The maximum atomic E-state index is 12.1. The number of carbonyl (C=O) groups is 3. The zero-order chi connectivity index (χ0) is 17.8. The summed E-state index contributed by atoms with van der Waals surface area (Å²) in [5, 5.41) is 5.64. The fraction of sp³-hybridized carbons (Fsp3) is 0.211. The number of para-hydroxylation sites is 1. The smallest absolute Gasteiger partial charge is 0.248 e. The van der Waals surface area contributed by atoms with Crippen LogP contribution in [0.5, 0.6) is 0 Å². The van der Waals surface area contributed by atoms with E-state index in [9.17, 15) is 14.4 Å². The van der Waals surface area contributed by atoms with E-state index in [0.717, 1.165) is 11.3 Å². The Balaban J connectivity index is 1.54. The van der Waals surface area contributed by atoms with Crippen LogP contribution in [-0.2, 0) is 16.0 Å². The molecule has 2 aromatic carbocycles. The molecule has 0 saturated heterocycles. The van der Waals surface area contributed by atoms with Crippen LogP contribution in [0.3, 0.4) is 0 Å². The Morgan fingerprint density at radius 1 is 1.12 bits per heavy atom. The van der Waals surface area contributed by atoms with E-state index >= 15 is 0 Å². The molecule has 6 heteroatoms. The summed E-state index contributed by atoms with van der Waals surface area (Å²) in [6.07, 6.45) is 1.37. The number of benzene rings is 2. The highest BCUT2D eigenvalue weighted by Crippen LogP contribution is 2.27. The largest absolute Gasteiger partial charge is 0.366 e. The van der Waals surface area contributed by atoms with E-state index in [0.29, 0.717) is 24.1 Å². The average molecular weight is 337 g/mol. The van der Waals surface area contributed by atoms with Crippen molar-refractivity contribution >= 4 is 29.1 Å². The van der Waals surface area contributed by atoms with Crippen molar-refractivity contribution in [3.05, 3.63) is 59.7 Å². The molecule has 6 nitrogen and oxygen atoms in total. The van der Waals surface area contributed by atoms with Gasteiger partial charge in [0.25, 0.3) is 0 Å². The van der Waals surface area contributed by atoms with Crippen LogP contribution in [0.25, 0.3) is 0 Å². The molecule has 4 N–H and O–H groups in total. The van der Waals surface area contributed by atoms with Gasteiger partial charge in [0.15, 0.2) is 0 Å². The molecule has 0 saturated carbocycles. The highest BCUT2D eigenvalue weighted by molar-refractivity contribution is 5.97. The van der Waals surface area contributed by atoms with Gasteiger partial charge in [-0.1, -0.05) is 18.2 Å². The fourth-order valence-corrected chi connectivity index (χ4v) is 2.89. The normalized spacial score (nSPS) is 15.8. The molecular formula is C19H19N3O3. The first kappa shape index (κ1) is 16.7. The van der Waals surface area contributed by atoms with Gasteiger partial charge in [-0.25, -0.2) is 0 Å². The number of carbonyl (C=O) groups excluding carboxylic acids is 3. The lowest BCUT2D eigenvalue weighted by molar-refractivity contribution is -0.121. The van der Waals surface area contributed by atoms with E-state index in [-0.39, 0.29) is 24.2 Å². The van der Waals surface area contributed by atoms with Crippen LogP contribution in [0.4, 0.5) is 11.4 Å². The molecule has 1 unspecified atom stereocenters. The third kappa shape index (κ3) is 4.03. The van der Waals surface area contributed by atoms with Gasteiger partial charge in [0, 0.05) is 29.3 Å². The zero-order valence-electron chi connectivity index (χ0n) is 13.6. The lowest BCUT2D eigenvalue weighted by Gasteiger charge is -2.24. The number of hydrogen-bond acceptors (Lipinski definition) is 3. The number of amides is 3. The zero-order valence-corrected chi connectivity index (χ0v) is 13.6. The van der Waals surface area contributed by atoms with E-state index in [1.54, 1.807) is 24.3 Å². The fourth-order valence-electron chi connectivity index (χ4n) is 2.89. The standard InChI is InChI=1S/C19H19N3O3/c20-18(24)12-5-8-15(9-6-12)21-17(23)10-7-14-11-13-3-1-2-4-16(13)22-19(14)25/h1-6,8-9,14H,7,10-11H2,(H2,20,24)(H,21,23)(H,22,25). The minimum atomic E-state index is -0.513. The van der Waals surface area contributed by atoms with Crippen molar-refractivity contribution in [2.24, 2.45) is 11.7 Å². The molecule has 1 atom stereocenters. The van der Waals surface area contributed by atoms with E-state index in [2.05, 4.69) is 10.6 Å². The molecule has 0 fully saturated rings. The number of anilines is 2. The monoisotopic (exact) mass is 337 g/mol. The molecule has 0 aromatic heterocycles. The molecule has 0 spiro atoms. The topological polar surface area (TPSA) is 101 Å². The van der Waals surface area contributed by atoms with Crippen LogP contribution in [0.1, 0.15) is 28.8 Å². The van der Waals surface area contributed by atoms with Gasteiger partial charge in [0.1, 0.15) is 0 Å². The summed E-state index contributed by atoms with van der Waals surface area (Å²) in [5.41, 5.74) is 8.10. The van der Waals surface area contributed by atoms with Gasteiger partial charge >= 0.3 is 0 Å². The van der Waals surface area contributed by atoms with Gasteiger partial charge in [0.05, 0.1) is 0 Å². The van der Waals surface area contributed by atoms with Crippen molar-refractivity contribution in [2.75, 3.05) is 10.6 Å². The number of hydrogen-bond donors (Lipinski definition) is 3. The first-order chi connectivity index (χ1) is 12.0. The predicted molar refractivity (Wildman–Crippen MR) is 95.1 cm³/mol. The van der Waals surface area contributed by atoms with Gasteiger partial charge in [0.2, 0.25) is 17.7 Å². The molecule has 0 bridgehead atoms. The SMILES string of the molecule is NC(=O)c1ccc(NC(=O)CCC2Cc3ccccc3NC2=O)cc1. The summed E-state index contributed by atoms with van der Waals surface area (Å²) in [7, 11) is 0. The van der Waals surface area contributed by atoms with E-state index < -0.39 is 5.91 Å². The summed E-state index contributed by atoms with van der Waals surface area (Å²) < 4.78 is 0. The van der Waals surface area contributed by atoms with E-state index in [4.69, 9.17) is 5.73 Å². The van der Waals surface area contributed by atoms with E-state index in [1.165, 1.54) is 0 Å². The second kappa shape index (κ2) is 7.17. The molecule has 0 radical (unpaired) electrons. The average Bonchev–Trinajstić information content (AvgIpc) is 2.60. The Kier molecular flexibility index (Phi) is 4.79. The van der Waals surface area contributed by atoms with Crippen LogP contribution in [-0.4, -0.2) is 17.7 Å². The number of rotatable bonds is 5. The van der Waals surface area contributed by atoms with Gasteiger partial charge in [-0.15, -0.1) is 0 Å². The molecule has 1 aliphatic heterocycles. The number of nitrogens with one attached hydrogen (secondary N) is 2. The first-order valence-electron chi connectivity index (χ1n) is 8.11. The van der Waals surface area contributed by atoms with Gasteiger partial charge < -0.3 is 16.4 Å². The lowest BCUT2D eigenvalue weighted by atomic mass is 9.89. The summed E-state index contributed by atoms with van der Waals surface area (Å²) in [6.45, 7) is 0. The lowest BCUT2D eigenvalue weighted by Crippen LogP contribution is -2.30. The van der Waals surface area contributed by atoms with Gasteiger partial charge in [-0.3, -0.25) is 14.4 Å². The van der Waals surface area contributed by atoms with Gasteiger partial charge in [-0.2, -0.15) is 0 Å². The third-order valence-electron chi connectivity index (χ3n) is 4.29. The Hall–Kier alpha value is -3.15. The molecule has 25 heavy (non-hydrogen) atoms. The van der Waals surface area contributed by atoms with Crippen molar-refractivity contribution in [2.45, 2.75) is 19.3 Å². The molecular weight excluding hydrogens is 318 g/mol. The molecule has 3 amide bonds. The Bertz CT molecular complexity index is 815. The highest BCUT2D eigenvalue weighted by Gasteiger charge is 2.26. The summed E-state index contributed by atoms with van der Waals surface area (Å²) >= 11 is 0.